The highest BCUT2D eigenvalue weighted by atomic mass is 79.9. The lowest BCUT2D eigenvalue weighted by molar-refractivity contribution is -0.107. The fourth-order valence-electron chi connectivity index (χ4n) is 2.53. The monoisotopic (exact) mass is 329 g/mol. The normalized spacial score (nSPS) is 19.4. The van der Waals surface area contributed by atoms with Crippen molar-refractivity contribution in [3.63, 3.8) is 0 Å². The number of hydrogen-bond acceptors (Lipinski definition) is 2. The number of hydrogen-bond donors (Lipinski definition) is 2. The van der Waals surface area contributed by atoms with Gasteiger partial charge in [-0.05, 0) is 17.7 Å². The van der Waals surface area contributed by atoms with Crippen molar-refractivity contribution in [2.24, 2.45) is 0 Å². The lowest BCUT2D eigenvalue weighted by atomic mass is 9.61. The smallest absolute Gasteiger partial charge is 0.250 e. The van der Waals surface area contributed by atoms with Crippen molar-refractivity contribution in [3.05, 3.63) is 34.3 Å². The topological polar surface area (TPSA) is 50.9 Å². The predicted molar refractivity (Wildman–Crippen MR) is 74.3 cm³/mol. The molecule has 2 N–H and O–H groups in total. The Balaban J connectivity index is 2.43. The summed E-state index contributed by atoms with van der Waals surface area (Å²) >= 11 is 3.32. The molecule has 19 heavy (non-hydrogen) atoms. The molecule has 0 amide bonds. The van der Waals surface area contributed by atoms with Gasteiger partial charge in [0.15, 0.2) is 0 Å². The summed E-state index contributed by atoms with van der Waals surface area (Å²) in [7, 11) is 1.53. The molecule has 1 saturated carbocycles. The summed E-state index contributed by atoms with van der Waals surface area (Å²) in [5.74, 6) is -2.70. The largest absolute Gasteiger partial charge is 0.324 e. The van der Waals surface area contributed by atoms with Crippen LogP contribution in [0.1, 0.15) is 18.4 Å². The lowest BCUT2D eigenvalue weighted by Crippen LogP contribution is -2.58. The zero-order valence-electron chi connectivity index (χ0n) is 10.4. The molecule has 1 aliphatic carbocycles. The molecular weight excluding hydrogens is 316 g/mol. The number of halogens is 3. The third-order valence-corrected chi connectivity index (χ3v) is 3.99. The molecule has 1 fully saturated rings. The van der Waals surface area contributed by atoms with E-state index in [0.29, 0.717) is 5.56 Å². The van der Waals surface area contributed by atoms with E-state index in [1.54, 1.807) is 18.2 Å². The Kier molecular flexibility index (Phi) is 3.47. The van der Waals surface area contributed by atoms with Gasteiger partial charge in [-0.1, -0.05) is 28.1 Å². The van der Waals surface area contributed by atoms with E-state index in [4.69, 9.17) is 10.8 Å². The molecule has 0 unspecified atom stereocenters. The number of nitrogens with zero attached hydrogens (tertiary/aromatic N) is 1. The van der Waals surface area contributed by atoms with Crippen molar-refractivity contribution in [2.75, 3.05) is 7.05 Å². The first-order chi connectivity index (χ1) is 8.81. The zero-order valence-corrected chi connectivity index (χ0v) is 12.0. The van der Waals surface area contributed by atoms with Crippen LogP contribution in [0.4, 0.5) is 8.78 Å². The fourth-order valence-corrected chi connectivity index (χ4v) is 2.93. The van der Waals surface area contributed by atoms with Crippen LogP contribution in [-0.2, 0) is 5.41 Å². The maximum Gasteiger partial charge on any atom is 0.250 e. The molecule has 2 rings (SSSR count). The molecule has 0 bridgehead atoms. The highest BCUT2D eigenvalue weighted by molar-refractivity contribution is 9.10. The second-order valence-electron chi connectivity index (χ2n) is 4.89. The average molecular weight is 330 g/mol. The average Bonchev–Trinajstić information content (AvgIpc) is 2.33. The number of benzene rings is 1. The minimum absolute atomic E-state index is 0.0338. The summed E-state index contributed by atoms with van der Waals surface area (Å²) in [4.78, 5) is 1.27. The molecule has 1 aliphatic rings. The van der Waals surface area contributed by atoms with Gasteiger partial charge in [0.05, 0.1) is 11.8 Å². The van der Waals surface area contributed by atoms with Crippen molar-refractivity contribution >= 4 is 28.1 Å². The Morgan fingerprint density at radius 1 is 1.42 bits per heavy atom. The number of amidine groups is 1. The van der Waals surface area contributed by atoms with E-state index in [2.05, 4.69) is 15.9 Å². The van der Waals surface area contributed by atoms with Crippen LogP contribution < -0.4 is 0 Å². The molecule has 0 radical (unpaired) electrons. The van der Waals surface area contributed by atoms with Crippen molar-refractivity contribution in [3.8, 4) is 0 Å². The van der Waals surface area contributed by atoms with Gasteiger partial charge in [-0.2, -0.15) is 0 Å². The van der Waals surface area contributed by atoms with Crippen LogP contribution in [0.3, 0.4) is 0 Å². The fraction of sp³-hybridized carbons (Fsp3) is 0.385. The van der Waals surface area contributed by atoms with Gasteiger partial charge in [0.1, 0.15) is 5.84 Å². The minimum Gasteiger partial charge on any atom is -0.324 e. The highest BCUT2D eigenvalue weighted by Gasteiger charge is 2.60. The number of rotatable bonds is 3. The van der Waals surface area contributed by atoms with Gasteiger partial charge in [-0.3, -0.25) is 10.8 Å². The number of alkyl halides is 2. The maximum absolute atomic E-state index is 13.4. The molecule has 0 atom stereocenters. The van der Waals surface area contributed by atoms with Gasteiger partial charge in [0.25, 0.3) is 5.92 Å². The van der Waals surface area contributed by atoms with Crippen LogP contribution in [0.25, 0.3) is 0 Å². The molecule has 0 heterocycles. The quantitative estimate of drug-likeness (QED) is 0.645. The minimum atomic E-state index is -2.74. The third kappa shape index (κ3) is 2.41. The van der Waals surface area contributed by atoms with Gasteiger partial charge >= 0.3 is 0 Å². The Labute approximate surface area is 118 Å². The van der Waals surface area contributed by atoms with Gasteiger partial charge < -0.3 is 4.90 Å². The molecule has 1 aromatic carbocycles. The number of likely N-dealkylation sites (N-methyl/N-ethyl adjacent to an activating group) is 1. The standard InChI is InChI=1S/C13H14BrF2N3/c1-19(8-17)11(18)12(6-13(15,16)7-12)9-3-2-4-10(14)5-9/h2-5,8,17-18H,6-7H2,1H3. The molecule has 6 heteroatoms. The van der Waals surface area contributed by atoms with Crippen LogP contribution in [0.5, 0.6) is 0 Å². The van der Waals surface area contributed by atoms with Crippen LogP contribution in [0.15, 0.2) is 28.7 Å². The summed E-state index contributed by atoms with van der Waals surface area (Å²) in [6.45, 7) is 0. The first-order valence-corrected chi connectivity index (χ1v) is 6.56. The highest BCUT2D eigenvalue weighted by Crippen LogP contribution is 2.54. The van der Waals surface area contributed by atoms with Gasteiger partial charge in [0, 0.05) is 24.4 Å². The van der Waals surface area contributed by atoms with Crippen molar-refractivity contribution < 1.29 is 8.78 Å². The van der Waals surface area contributed by atoms with Crippen molar-refractivity contribution in [1.82, 2.24) is 4.90 Å². The summed E-state index contributed by atoms with van der Waals surface area (Å²) in [5.41, 5.74) is -0.314. The second kappa shape index (κ2) is 4.67. The van der Waals surface area contributed by atoms with Crippen LogP contribution in [0.2, 0.25) is 0 Å². The van der Waals surface area contributed by atoms with Gasteiger partial charge in [-0.15, -0.1) is 0 Å². The van der Waals surface area contributed by atoms with E-state index < -0.39 is 11.3 Å². The van der Waals surface area contributed by atoms with Crippen LogP contribution in [0, 0.1) is 10.8 Å². The van der Waals surface area contributed by atoms with E-state index in [-0.39, 0.29) is 18.7 Å². The Hall–Kier alpha value is -1.30. The van der Waals surface area contributed by atoms with E-state index >= 15 is 0 Å². The third-order valence-electron chi connectivity index (χ3n) is 3.50. The molecule has 102 valence electrons. The summed E-state index contributed by atoms with van der Waals surface area (Å²) in [6.07, 6.45) is 0.208. The summed E-state index contributed by atoms with van der Waals surface area (Å²) < 4.78 is 27.5. The Morgan fingerprint density at radius 2 is 2.05 bits per heavy atom. The van der Waals surface area contributed by atoms with Crippen LogP contribution >= 0.6 is 15.9 Å². The van der Waals surface area contributed by atoms with Crippen LogP contribution in [-0.4, -0.2) is 30.0 Å². The molecule has 0 aliphatic heterocycles. The molecule has 0 aromatic heterocycles. The first kappa shape index (κ1) is 14.1. The zero-order chi connectivity index (χ0) is 14.3. The Morgan fingerprint density at radius 3 is 2.53 bits per heavy atom. The van der Waals surface area contributed by atoms with E-state index in [9.17, 15) is 8.78 Å². The predicted octanol–water partition coefficient (Wildman–Crippen LogP) is 3.63. The maximum atomic E-state index is 13.4. The first-order valence-electron chi connectivity index (χ1n) is 5.77. The molecule has 1 aromatic rings. The summed E-state index contributed by atoms with van der Waals surface area (Å²) in [5, 5.41) is 15.3. The molecule has 0 spiro atoms. The molecule has 0 saturated heterocycles. The van der Waals surface area contributed by atoms with Crippen molar-refractivity contribution in [1.29, 1.82) is 10.8 Å². The SMILES string of the molecule is CN(C=N)C(=N)C1(c2cccc(Br)c2)CC(F)(F)C1. The molecule has 3 nitrogen and oxygen atoms in total. The molecular formula is C13H14BrF2N3. The Bertz CT molecular complexity index is 522. The van der Waals surface area contributed by atoms with Crippen molar-refractivity contribution in [2.45, 2.75) is 24.2 Å². The number of nitrogens with one attached hydrogen (secondary N) is 2. The lowest BCUT2D eigenvalue weighted by Gasteiger charge is -2.49. The van der Waals surface area contributed by atoms with E-state index in [0.717, 1.165) is 10.8 Å². The second-order valence-corrected chi connectivity index (χ2v) is 5.81. The van der Waals surface area contributed by atoms with Gasteiger partial charge in [0.2, 0.25) is 0 Å². The summed E-state index contributed by atoms with van der Waals surface area (Å²) in [6, 6.07) is 7.11. The van der Waals surface area contributed by atoms with E-state index in [1.165, 1.54) is 11.9 Å². The van der Waals surface area contributed by atoms with Gasteiger partial charge in [-0.25, -0.2) is 8.78 Å². The van der Waals surface area contributed by atoms with E-state index in [1.807, 2.05) is 6.07 Å².